The molecular weight excluding hydrogens is 311 g/mol. The van der Waals surface area contributed by atoms with Gasteiger partial charge in [-0.2, -0.15) is 0 Å². The first-order valence-electron chi connectivity index (χ1n) is 6.32. The van der Waals surface area contributed by atoms with Crippen LogP contribution in [-0.4, -0.2) is 29.6 Å². The number of amides is 1. The minimum absolute atomic E-state index is 0.163. The maximum atomic E-state index is 12.3. The van der Waals surface area contributed by atoms with E-state index >= 15 is 0 Å². The summed E-state index contributed by atoms with van der Waals surface area (Å²) in [6, 6.07) is 10.7. The summed E-state index contributed by atoms with van der Waals surface area (Å²) in [6.45, 7) is 0.405. The second kappa shape index (κ2) is 7.41. The van der Waals surface area contributed by atoms with Crippen LogP contribution in [0.25, 0.3) is 0 Å². The van der Waals surface area contributed by atoms with E-state index < -0.39 is 0 Å². The van der Waals surface area contributed by atoms with Gasteiger partial charge in [0.2, 0.25) is 0 Å². The third kappa shape index (κ3) is 4.17. The highest BCUT2D eigenvalue weighted by atomic mass is 35.5. The third-order valence-corrected chi connectivity index (χ3v) is 3.51. The fourth-order valence-corrected chi connectivity index (χ4v) is 2.16. The maximum absolute atomic E-state index is 12.3. The summed E-state index contributed by atoms with van der Waals surface area (Å²) in [5.41, 5.74) is 1.38. The zero-order chi connectivity index (χ0) is 15.2. The van der Waals surface area contributed by atoms with Crippen molar-refractivity contribution in [1.82, 2.24) is 10.0 Å². The maximum Gasteiger partial charge on any atom is 0.280 e. The number of rotatable bonds is 5. The van der Waals surface area contributed by atoms with Crippen LogP contribution in [-0.2, 0) is 11.3 Å². The number of carbonyl (C=O) groups excluding carboxylic acids is 1. The van der Waals surface area contributed by atoms with Crippen LogP contribution in [0.2, 0.25) is 10.2 Å². The Morgan fingerprint density at radius 3 is 2.57 bits per heavy atom. The molecule has 0 aliphatic carbocycles. The van der Waals surface area contributed by atoms with Gasteiger partial charge in [0.1, 0.15) is 5.15 Å². The summed E-state index contributed by atoms with van der Waals surface area (Å²) in [6.07, 6.45) is 2.18. The zero-order valence-corrected chi connectivity index (χ0v) is 12.9. The predicted molar refractivity (Wildman–Crippen MR) is 82.4 cm³/mol. The quantitative estimate of drug-likeness (QED) is 0.623. The van der Waals surface area contributed by atoms with Crippen molar-refractivity contribution in [3.63, 3.8) is 0 Å². The molecule has 0 bridgehead atoms. The normalized spacial score (nSPS) is 10.4. The fraction of sp³-hybridized carbons (Fsp3) is 0.200. The van der Waals surface area contributed by atoms with E-state index in [0.717, 1.165) is 5.56 Å². The third-order valence-electron chi connectivity index (χ3n) is 2.95. The molecule has 0 N–H and O–H groups in total. The molecule has 0 radical (unpaired) electrons. The van der Waals surface area contributed by atoms with Crippen LogP contribution in [0.4, 0.5) is 0 Å². The number of nitrogens with zero attached hydrogens (tertiary/aromatic N) is 2. The molecule has 0 unspecified atom stereocenters. The topological polar surface area (TPSA) is 42.4 Å². The second-order valence-electron chi connectivity index (χ2n) is 4.31. The summed E-state index contributed by atoms with van der Waals surface area (Å²) in [5.74, 6) is -0.315. The minimum Gasteiger partial charge on any atom is -0.274 e. The molecule has 0 spiro atoms. The number of hydrogen-bond donors (Lipinski definition) is 0. The van der Waals surface area contributed by atoms with E-state index in [0.29, 0.717) is 23.6 Å². The standard InChI is InChI=1S/C15H14Cl2N2O2/c1-21-19(10-8-11-4-6-12(16)7-5-11)15(20)13-3-2-9-18-14(13)17/h2-7,9H,8,10H2,1H3. The Morgan fingerprint density at radius 2 is 1.95 bits per heavy atom. The van der Waals surface area contributed by atoms with Crippen LogP contribution in [0.3, 0.4) is 0 Å². The monoisotopic (exact) mass is 324 g/mol. The molecule has 0 aliphatic heterocycles. The molecule has 1 amide bonds. The van der Waals surface area contributed by atoms with Gasteiger partial charge in [0.25, 0.3) is 5.91 Å². The molecule has 6 heteroatoms. The average Bonchev–Trinajstić information content (AvgIpc) is 2.50. The van der Waals surface area contributed by atoms with Gasteiger partial charge < -0.3 is 0 Å². The van der Waals surface area contributed by atoms with Gasteiger partial charge in [-0.3, -0.25) is 9.63 Å². The number of halogens is 2. The average molecular weight is 325 g/mol. The Hall–Kier alpha value is -1.62. The van der Waals surface area contributed by atoms with Gasteiger partial charge in [0, 0.05) is 11.2 Å². The fourth-order valence-electron chi connectivity index (χ4n) is 1.84. The lowest BCUT2D eigenvalue weighted by Crippen LogP contribution is -2.32. The van der Waals surface area contributed by atoms with Crippen molar-refractivity contribution in [1.29, 1.82) is 0 Å². The number of hydroxylamine groups is 2. The first-order valence-corrected chi connectivity index (χ1v) is 7.08. The second-order valence-corrected chi connectivity index (χ2v) is 5.10. The molecule has 0 saturated heterocycles. The highest BCUT2D eigenvalue weighted by Gasteiger charge is 2.18. The minimum atomic E-state index is -0.315. The number of aromatic nitrogens is 1. The molecule has 0 atom stereocenters. The Morgan fingerprint density at radius 1 is 1.24 bits per heavy atom. The van der Waals surface area contributed by atoms with Crippen molar-refractivity contribution >= 4 is 29.1 Å². The van der Waals surface area contributed by atoms with E-state index in [4.69, 9.17) is 28.0 Å². The van der Waals surface area contributed by atoms with Gasteiger partial charge in [0.05, 0.1) is 19.2 Å². The smallest absolute Gasteiger partial charge is 0.274 e. The van der Waals surface area contributed by atoms with Crippen LogP contribution in [0, 0.1) is 0 Å². The summed E-state index contributed by atoms with van der Waals surface area (Å²) >= 11 is 11.8. The van der Waals surface area contributed by atoms with E-state index in [2.05, 4.69) is 4.98 Å². The molecule has 2 rings (SSSR count). The molecule has 21 heavy (non-hydrogen) atoms. The van der Waals surface area contributed by atoms with Gasteiger partial charge in [-0.15, -0.1) is 0 Å². The molecule has 0 saturated carbocycles. The van der Waals surface area contributed by atoms with Crippen molar-refractivity contribution in [3.05, 3.63) is 63.9 Å². The van der Waals surface area contributed by atoms with Crippen LogP contribution in [0.1, 0.15) is 15.9 Å². The summed E-state index contributed by atoms with van der Waals surface area (Å²) in [4.78, 5) is 21.4. The number of benzene rings is 1. The molecule has 2 aromatic rings. The van der Waals surface area contributed by atoms with E-state index in [1.54, 1.807) is 12.1 Å². The van der Waals surface area contributed by atoms with Crippen LogP contribution < -0.4 is 0 Å². The number of hydrogen-bond acceptors (Lipinski definition) is 3. The van der Waals surface area contributed by atoms with Crippen molar-refractivity contribution in [3.8, 4) is 0 Å². The van der Waals surface area contributed by atoms with Crippen molar-refractivity contribution < 1.29 is 9.63 Å². The number of carbonyl (C=O) groups is 1. The Balaban J connectivity index is 2.04. The lowest BCUT2D eigenvalue weighted by molar-refractivity contribution is -0.0942. The van der Waals surface area contributed by atoms with Gasteiger partial charge in [0.15, 0.2) is 0 Å². The van der Waals surface area contributed by atoms with Gasteiger partial charge in [-0.25, -0.2) is 10.0 Å². The van der Waals surface area contributed by atoms with Gasteiger partial charge >= 0.3 is 0 Å². The van der Waals surface area contributed by atoms with Gasteiger partial charge in [-0.05, 0) is 36.2 Å². The van der Waals surface area contributed by atoms with Crippen LogP contribution in [0.15, 0.2) is 42.6 Å². The molecule has 0 aliphatic rings. The summed E-state index contributed by atoms with van der Waals surface area (Å²) in [5, 5.41) is 2.11. The molecular formula is C15H14Cl2N2O2. The van der Waals surface area contributed by atoms with Crippen molar-refractivity contribution in [2.24, 2.45) is 0 Å². The van der Waals surface area contributed by atoms with Gasteiger partial charge in [-0.1, -0.05) is 35.3 Å². The van der Waals surface area contributed by atoms with Crippen LogP contribution >= 0.6 is 23.2 Å². The predicted octanol–water partition coefficient (Wildman–Crippen LogP) is 3.63. The van der Waals surface area contributed by atoms with Crippen molar-refractivity contribution in [2.75, 3.05) is 13.7 Å². The number of pyridine rings is 1. The Labute approximate surface area is 133 Å². The van der Waals surface area contributed by atoms with E-state index in [-0.39, 0.29) is 11.1 Å². The molecule has 4 nitrogen and oxygen atoms in total. The molecule has 1 heterocycles. The summed E-state index contributed by atoms with van der Waals surface area (Å²) in [7, 11) is 1.45. The highest BCUT2D eigenvalue weighted by Crippen LogP contribution is 2.15. The molecule has 110 valence electrons. The molecule has 1 aromatic heterocycles. The highest BCUT2D eigenvalue weighted by molar-refractivity contribution is 6.32. The zero-order valence-electron chi connectivity index (χ0n) is 11.4. The Bertz CT molecular complexity index is 617. The lowest BCUT2D eigenvalue weighted by atomic mass is 10.1. The SMILES string of the molecule is CON(CCc1ccc(Cl)cc1)C(=O)c1cccnc1Cl. The first kappa shape index (κ1) is 15.8. The van der Waals surface area contributed by atoms with Crippen molar-refractivity contribution in [2.45, 2.75) is 6.42 Å². The van der Waals surface area contributed by atoms with Crippen LogP contribution in [0.5, 0.6) is 0 Å². The van der Waals surface area contributed by atoms with E-state index in [1.165, 1.54) is 18.4 Å². The summed E-state index contributed by atoms with van der Waals surface area (Å²) < 4.78 is 0. The molecule has 1 aromatic carbocycles. The molecule has 0 fully saturated rings. The first-order chi connectivity index (χ1) is 10.1. The lowest BCUT2D eigenvalue weighted by Gasteiger charge is -2.20. The van der Waals surface area contributed by atoms with E-state index in [1.807, 2.05) is 24.3 Å². The van der Waals surface area contributed by atoms with E-state index in [9.17, 15) is 4.79 Å². The largest absolute Gasteiger partial charge is 0.280 e. The Kier molecular flexibility index (Phi) is 5.56.